The maximum Gasteiger partial charge on any atom is 0.332 e. The fourth-order valence-electron chi connectivity index (χ4n) is 1.50. The van der Waals surface area contributed by atoms with Crippen LogP contribution in [0.25, 0.3) is 0 Å². The average molecular weight is 196 g/mol. The number of carboxylic acids is 2. The van der Waals surface area contributed by atoms with Crippen molar-refractivity contribution in [1.82, 2.24) is 0 Å². The highest BCUT2D eigenvalue weighted by atomic mass is 16.4. The van der Waals surface area contributed by atoms with Gasteiger partial charge in [0.1, 0.15) is 0 Å². The summed E-state index contributed by atoms with van der Waals surface area (Å²) in [6.07, 6.45) is 5.12. The van der Waals surface area contributed by atoms with Crippen LogP contribution in [0.5, 0.6) is 0 Å². The van der Waals surface area contributed by atoms with E-state index in [1.54, 1.807) is 6.08 Å². The summed E-state index contributed by atoms with van der Waals surface area (Å²) < 4.78 is 0. The van der Waals surface area contributed by atoms with Crippen LogP contribution < -0.4 is 0 Å². The Hall–Kier alpha value is -1.58. The zero-order chi connectivity index (χ0) is 10.7. The first kappa shape index (κ1) is 10.5. The van der Waals surface area contributed by atoms with Gasteiger partial charge in [0.15, 0.2) is 0 Å². The predicted molar refractivity (Wildman–Crippen MR) is 49.8 cm³/mol. The van der Waals surface area contributed by atoms with Gasteiger partial charge in [-0.15, -0.1) is 0 Å². The highest BCUT2D eigenvalue weighted by molar-refractivity contribution is 5.94. The molecule has 76 valence electrons. The third-order valence-corrected chi connectivity index (χ3v) is 2.24. The molecule has 0 aliphatic heterocycles. The molecule has 0 fully saturated rings. The Balaban J connectivity index is 2.99. The number of carbonyl (C=O) groups is 2. The van der Waals surface area contributed by atoms with Crippen molar-refractivity contribution in [1.29, 1.82) is 0 Å². The number of allylic oxidation sites excluding steroid dienone is 3. The molecule has 1 rings (SSSR count). The molecular weight excluding hydrogens is 184 g/mol. The Labute approximate surface area is 81.6 Å². The molecule has 0 aromatic rings. The Kier molecular flexibility index (Phi) is 3.06. The lowest BCUT2D eigenvalue weighted by atomic mass is 9.91. The van der Waals surface area contributed by atoms with Crippen LogP contribution in [0, 0.1) is 11.8 Å². The molecular formula is C10H12O4. The zero-order valence-corrected chi connectivity index (χ0v) is 7.80. The van der Waals surface area contributed by atoms with E-state index in [0.29, 0.717) is 6.42 Å². The Morgan fingerprint density at radius 3 is 2.57 bits per heavy atom. The molecule has 2 atom stereocenters. The maximum absolute atomic E-state index is 10.8. The number of rotatable bonds is 2. The molecule has 1 aliphatic carbocycles. The standard InChI is InChI=1S/C10H12O4/c1-6-3-2-4-7(9(11)12)8(5-6)10(13)14/h2-4,6,8H,5H2,1H3,(H,11,12)(H,13,14). The van der Waals surface area contributed by atoms with Crippen LogP contribution >= 0.6 is 0 Å². The first-order valence-corrected chi connectivity index (χ1v) is 4.37. The van der Waals surface area contributed by atoms with E-state index in [-0.39, 0.29) is 11.5 Å². The van der Waals surface area contributed by atoms with Crippen LogP contribution in [0.15, 0.2) is 23.8 Å². The predicted octanol–water partition coefficient (Wildman–Crippen LogP) is 1.29. The van der Waals surface area contributed by atoms with Crippen LogP contribution in [0.2, 0.25) is 0 Å². The van der Waals surface area contributed by atoms with Gasteiger partial charge in [-0.2, -0.15) is 0 Å². The molecule has 0 aromatic heterocycles. The highest BCUT2D eigenvalue weighted by Gasteiger charge is 2.29. The third-order valence-electron chi connectivity index (χ3n) is 2.24. The summed E-state index contributed by atoms with van der Waals surface area (Å²) in [5.74, 6) is -3.05. The van der Waals surface area contributed by atoms with Gasteiger partial charge in [-0.25, -0.2) is 4.79 Å². The van der Waals surface area contributed by atoms with Gasteiger partial charge in [0.05, 0.1) is 11.5 Å². The third kappa shape index (κ3) is 2.22. The fourth-order valence-corrected chi connectivity index (χ4v) is 1.50. The molecule has 4 heteroatoms. The van der Waals surface area contributed by atoms with Crippen molar-refractivity contribution < 1.29 is 19.8 Å². The number of hydrogen-bond acceptors (Lipinski definition) is 2. The highest BCUT2D eigenvalue weighted by Crippen LogP contribution is 2.24. The van der Waals surface area contributed by atoms with E-state index in [1.807, 2.05) is 13.0 Å². The van der Waals surface area contributed by atoms with Crippen molar-refractivity contribution >= 4 is 11.9 Å². The first-order chi connectivity index (χ1) is 6.52. The molecule has 1 aliphatic rings. The lowest BCUT2D eigenvalue weighted by Gasteiger charge is -2.13. The number of hydrogen-bond donors (Lipinski definition) is 2. The summed E-state index contributed by atoms with van der Waals surface area (Å²) in [4.78, 5) is 21.6. The summed E-state index contributed by atoms with van der Waals surface area (Å²) in [5.41, 5.74) is -0.0434. The molecule has 2 unspecified atom stereocenters. The van der Waals surface area contributed by atoms with E-state index in [9.17, 15) is 9.59 Å². The van der Waals surface area contributed by atoms with Crippen molar-refractivity contribution in [2.24, 2.45) is 11.8 Å². The summed E-state index contributed by atoms with van der Waals surface area (Å²) in [6.45, 7) is 1.87. The van der Waals surface area contributed by atoms with Crippen molar-refractivity contribution in [2.45, 2.75) is 13.3 Å². The zero-order valence-electron chi connectivity index (χ0n) is 7.80. The quantitative estimate of drug-likeness (QED) is 0.697. The van der Waals surface area contributed by atoms with E-state index in [1.165, 1.54) is 6.08 Å². The fraction of sp³-hybridized carbons (Fsp3) is 0.400. The monoisotopic (exact) mass is 196 g/mol. The van der Waals surface area contributed by atoms with E-state index >= 15 is 0 Å². The van der Waals surface area contributed by atoms with Crippen LogP contribution in [0.4, 0.5) is 0 Å². The number of carboxylic acid groups (broad SMARTS) is 2. The summed E-state index contributed by atoms with van der Waals surface area (Å²) in [5, 5.41) is 17.7. The van der Waals surface area contributed by atoms with Crippen molar-refractivity contribution in [2.75, 3.05) is 0 Å². The van der Waals surface area contributed by atoms with Crippen LogP contribution in [-0.4, -0.2) is 22.2 Å². The average Bonchev–Trinajstić information content (AvgIpc) is 2.26. The number of aliphatic carboxylic acids is 2. The van der Waals surface area contributed by atoms with Gasteiger partial charge in [-0.1, -0.05) is 25.2 Å². The lowest BCUT2D eigenvalue weighted by molar-refractivity contribution is -0.144. The van der Waals surface area contributed by atoms with E-state index in [0.717, 1.165) is 0 Å². The molecule has 0 radical (unpaired) electrons. The van der Waals surface area contributed by atoms with Crippen molar-refractivity contribution in [3.63, 3.8) is 0 Å². The molecule has 0 amide bonds. The molecule has 0 bridgehead atoms. The molecule has 2 N–H and O–H groups in total. The molecule has 4 nitrogen and oxygen atoms in total. The Morgan fingerprint density at radius 1 is 1.43 bits per heavy atom. The van der Waals surface area contributed by atoms with Crippen molar-refractivity contribution in [3.05, 3.63) is 23.8 Å². The van der Waals surface area contributed by atoms with Crippen molar-refractivity contribution in [3.8, 4) is 0 Å². The normalized spacial score (nSPS) is 26.5. The smallest absolute Gasteiger partial charge is 0.332 e. The molecule has 0 heterocycles. The minimum Gasteiger partial charge on any atom is -0.481 e. The van der Waals surface area contributed by atoms with Gasteiger partial charge in [-0.3, -0.25) is 4.79 Å². The molecule has 0 saturated carbocycles. The van der Waals surface area contributed by atoms with Gasteiger partial charge >= 0.3 is 11.9 Å². The van der Waals surface area contributed by atoms with Gasteiger partial charge < -0.3 is 10.2 Å². The topological polar surface area (TPSA) is 74.6 Å². The van der Waals surface area contributed by atoms with E-state index in [2.05, 4.69) is 0 Å². The van der Waals surface area contributed by atoms with Gasteiger partial charge in [-0.05, 0) is 12.3 Å². The van der Waals surface area contributed by atoms with Crippen LogP contribution in [-0.2, 0) is 9.59 Å². The molecule has 14 heavy (non-hydrogen) atoms. The minimum absolute atomic E-state index is 0.0434. The molecule has 0 spiro atoms. The second kappa shape index (κ2) is 4.09. The second-order valence-electron chi connectivity index (χ2n) is 3.42. The maximum atomic E-state index is 10.8. The first-order valence-electron chi connectivity index (χ1n) is 4.37. The summed E-state index contributed by atoms with van der Waals surface area (Å²) in [6, 6.07) is 0. The summed E-state index contributed by atoms with van der Waals surface area (Å²) in [7, 11) is 0. The van der Waals surface area contributed by atoms with E-state index < -0.39 is 17.9 Å². The van der Waals surface area contributed by atoms with Gasteiger partial charge in [0.25, 0.3) is 0 Å². The van der Waals surface area contributed by atoms with E-state index in [4.69, 9.17) is 10.2 Å². The largest absolute Gasteiger partial charge is 0.481 e. The molecule has 0 aromatic carbocycles. The lowest BCUT2D eigenvalue weighted by Crippen LogP contribution is -2.22. The van der Waals surface area contributed by atoms with Gasteiger partial charge in [0, 0.05) is 0 Å². The minimum atomic E-state index is -1.16. The Bertz CT molecular complexity index is 314. The Morgan fingerprint density at radius 2 is 2.07 bits per heavy atom. The SMILES string of the molecule is CC1C=CC=C(C(=O)O)C(C(=O)O)C1. The van der Waals surface area contributed by atoms with Gasteiger partial charge in [0.2, 0.25) is 0 Å². The molecule has 0 saturated heterocycles. The summed E-state index contributed by atoms with van der Waals surface area (Å²) >= 11 is 0. The van der Waals surface area contributed by atoms with Crippen LogP contribution in [0.1, 0.15) is 13.3 Å². The van der Waals surface area contributed by atoms with Crippen LogP contribution in [0.3, 0.4) is 0 Å². The second-order valence-corrected chi connectivity index (χ2v) is 3.42.